The number of nitrogens with zero attached hydrogens (tertiary/aromatic N) is 1. The number of fused-ring (bicyclic) bond motifs is 1. The molecule has 0 bridgehead atoms. The Morgan fingerprint density at radius 3 is 2.64 bits per heavy atom. The molecule has 1 aliphatic heterocycles. The Kier molecular flexibility index (Phi) is 4.78. The highest BCUT2D eigenvalue weighted by Crippen LogP contribution is 2.31. The van der Waals surface area contributed by atoms with Crippen LogP contribution in [0.2, 0.25) is 0 Å². The number of likely N-dealkylation sites (N-methyl/N-ethyl adjacent to an activating group) is 1. The fourth-order valence-electron chi connectivity index (χ4n) is 2.71. The van der Waals surface area contributed by atoms with Crippen molar-refractivity contribution in [2.24, 2.45) is 0 Å². The van der Waals surface area contributed by atoms with Gasteiger partial charge in [-0.2, -0.15) is 4.31 Å². The van der Waals surface area contributed by atoms with E-state index in [0.717, 1.165) is 5.56 Å². The molecular weight excluding hydrogens is 340 g/mol. The summed E-state index contributed by atoms with van der Waals surface area (Å²) in [7, 11) is -2.12. The first-order valence-electron chi connectivity index (χ1n) is 7.96. The van der Waals surface area contributed by atoms with Gasteiger partial charge in [0.2, 0.25) is 10.0 Å². The fraction of sp³-hybridized carbons (Fsp3) is 0.278. The monoisotopic (exact) mass is 360 g/mol. The molecule has 132 valence electrons. The van der Waals surface area contributed by atoms with Crippen LogP contribution in [0.15, 0.2) is 53.4 Å². The van der Waals surface area contributed by atoms with Crippen LogP contribution in [0.4, 0.5) is 5.69 Å². The minimum Gasteiger partial charge on any atom is -0.482 e. The standard InChI is InChI=1S/C18H20N2O4S/c1-13(10-14-6-4-3-5-7-14)20(2)25(22,23)15-8-9-17-16(11-15)19-18(21)12-24-17/h3-9,11,13H,10,12H2,1-2H3,(H,19,21). The van der Waals surface area contributed by atoms with E-state index < -0.39 is 10.0 Å². The van der Waals surface area contributed by atoms with Crippen molar-refractivity contribution in [2.45, 2.75) is 24.3 Å². The summed E-state index contributed by atoms with van der Waals surface area (Å²) in [5.41, 5.74) is 1.45. The fourth-order valence-corrected chi connectivity index (χ4v) is 4.10. The third kappa shape index (κ3) is 3.67. The van der Waals surface area contributed by atoms with Gasteiger partial charge in [0.15, 0.2) is 6.61 Å². The lowest BCUT2D eigenvalue weighted by atomic mass is 10.1. The summed E-state index contributed by atoms with van der Waals surface area (Å²) in [5, 5.41) is 2.63. The van der Waals surface area contributed by atoms with Gasteiger partial charge in [-0.05, 0) is 37.1 Å². The second kappa shape index (κ2) is 6.85. The summed E-state index contributed by atoms with van der Waals surface area (Å²) < 4.78 is 32.4. The van der Waals surface area contributed by atoms with Gasteiger partial charge >= 0.3 is 0 Å². The van der Waals surface area contributed by atoms with Gasteiger partial charge in [-0.3, -0.25) is 4.79 Å². The minimum absolute atomic E-state index is 0.0624. The largest absolute Gasteiger partial charge is 0.482 e. The van der Waals surface area contributed by atoms with Crippen molar-refractivity contribution in [3.05, 3.63) is 54.1 Å². The molecule has 1 N–H and O–H groups in total. The summed E-state index contributed by atoms with van der Waals surface area (Å²) in [4.78, 5) is 11.6. The van der Waals surface area contributed by atoms with E-state index in [4.69, 9.17) is 4.74 Å². The maximum atomic E-state index is 12.9. The lowest BCUT2D eigenvalue weighted by molar-refractivity contribution is -0.118. The number of carbonyl (C=O) groups is 1. The normalized spacial score (nSPS) is 15.2. The number of sulfonamides is 1. The molecule has 0 radical (unpaired) electrons. The molecule has 0 aromatic heterocycles. The van der Waals surface area contributed by atoms with Gasteiger partial charge in [0.1, 0.15) is 5.75 Å². The molecule has 2 aromatic rings. The molecule has 1 unspecified atom stereocenters. The molecule has 3 rings (SSSR count). The predicted molar refractivity (Wildman–Crippen MR) is 95.1 cm³/mol. The molecule has 7 heteroatoms. The van der Waals surface area contributed by atoms with Crippen molar-refractivity contribution in [3.63, 3.8) is 0 Å². The Balaban J connectivity index is 1.83. The molecule has 25 heavy (non-hydrogen) atoms. The highest BCUT2D eigenvalue weighted by Gasteiger charge is 2.27. The average molecular weight is 360 g/mol. The van der Waals surface area contributed by atoms with Gasteiger partial charge < -0.3 is 10.1 Å². The van der Waals surface area contributed by atoms with Gasteiger partial charge in [0, 0.05) is 13.1 Å². The number of rotatable bonds is 5. The van der Waals surface area contributed by atoms with Gasteiger partial charge in [-0.15, -0.1) is 0 Å². The molecule has 0 fully saturated rings. The first kappa shape index (κ1) is 17.4. The van der Waals surface area contributed by atoms with Gasteiger partial charge in [-0.25, -0.2) is 8.42 Å². The number of benzene rings is 2. The number of anilines is 1. The highest BCUT2D eigenvalue weighted by molar-refractivity contribution is 7.89. The van der Waals surface area contributed by atoms with Gasteiger partial charge in [0.25, 0.3) is 5.91 Å². The number of carbonyl (C=O) groups excluding carboxylic acids is 1. The zero-order chi connectivity index (χ0) is 18.0. The lowest BCUT2D eigenvalue weighted by Gasteiger charge is -2.25. The van der Waals surface area contributed by atoms with Gasteiger partial charge in [0.05, 0.1) is 10.6 Å². The Labute approximate surface area is 147 Å². The van der Waals surface area contributed by atoms with E-state index in [1.54, 1.807) is 13.1 Å². The summed E-state index contributed by atoms with van der Waals surface area (Å²) in [6.07, 6.45) is 0.612. The molecular formula is C18H20N2O4S. The maximum Gasteiger partial charge on any atom is 0.262 e. The molecule has 0 saturated carbocycles. The van der Waals surface area contributed by atoms with Gasteiger partial charge in [-0.1, -0.05) is 30.3 Å². The second-order valence-electron chi connectivity index (χ2n) is 6.05. The molecule has 6 nitrogen and oxygen atoms in total. The van der Waals surface area contributed by atoms with Crippen LogP contribution in [0.1, 0.15) is 12.5 Å². The molecule has 2 aromatic carbocycles. The van der Waals surface area contributed by atoms with E-state index in [1.807, 2.05) is 37.3 Å². The minimum atomic E-state index is -3.68. The molecule has 1 aliphatic rings. The smallest absolute Gasteiger partial charge is 0.262 e. The van der Waals surface area contributed by atoms with Crippen molar-refractivity contribution in [1.82, 2.24) is 4.31 Å². The van der Waals surface area contributed by atoms with Crippen molar-refractivity contribution in [1.29, 1.82) is 0 Å². The number of ether oxygens (including phenoxy) is 1. The number of amides is 1. The van der Waals surface area contributed by atoms with Crippen LogP contribution in [-0.2, 0) is 21.2 Å². The topological polar surface area (TPSA) is 75.7 Å². The van der Waals surface area contributed by atoms with E-state index in [0.29, 0.717) is 17.9 Å². The summed E-state index contributed by atoms with van der Waals surface area (Å²) in [5.74, 6) is 0.173. The lowest BCUT2D eigenvalue weighted by Crippen LogP contribution is -2.36. The number of hydrogen-bond acceptors (Lipinski definition) is 4. The molecule has 1 atom stereocenters. The first-order valence-corrected chi connectivity index (χ1v) is 9.40. The van der Waals surface area contributed by atoms with Crippen LogP contribution >= 0.6 is 0 Å². The van der Waals surface area contributed by atoms with Crippen molar-refractivity contribution in [2.75, 3.05) is 19.0 Å². The Morgan fingerprint density at radius 2 is 1.92 bits per heavy atom. The van der Waals surface area contributed by atoms with Crippen LogP contribution in [0.25, 0.3) is 0 Å². The Morgan fingerprint density at radius 1 is 1.20 bits per heavy atom. The summed E-state index contributed by atoms with van der Waals surface area (Å²) >= 11 is 0. The van der Waals surface area contributed by atoms with Crippen molar-refractivity contribution >= 4 is 21.6 Å². The van der Waals surface area contributed by atoms with Crippen molar-refractivity contribution < 1.29 is 17.9 Å². The van der Waals surface area contributed by atoms with Crippen LogP contribution in [-0.4, -0.2) is 38.3 Å². The van der Waals surface area contributed by atoms with E-state index in [9.17, 15) is 13.2 Å². The van der Waals surface area contributed by atoms with E-state index in [1.165, 1.54) is 16.4 Å². The predicted octanol–water partition coefficient (Wildman–Crippen LogP) is 2.27. The van der Waals surface area contributed by atoms with Crippen LogP contribution in [0, 0.1) is 0 Å². The zero-order valence-corrected chi connectivity index (χ0v) is 14.9. The number of hydrogen-bond donors (Lipinski definition) is 1. The third-order valence-corrected chi connectivity index (χ3v) is 6.22. The molecule has 0 saturated heterocycles. The second-order valence-corrected chi connectivity index (χ2v) is 8.05. The SMILES string of the molecule is CC(Cc1ccccc1)N(C)S(=O)(=O)c1ccc2c(c1)NC(=O)CO2. The highest BCUT2D eigenvalue weighted by atomic mass is 32.2. The average Bonchev–Trinajstić information content (AvgIpc) is 2.61. The maximum absolute atomic E-state index is 12.9. The summed E-state index contributed by atoms with van der Waals surface area (Å²) in [6.45, 7) is 1.81. The Hall–Kier alpha value is -2.38. The molecule has 1 amide bonds. The number of nitrogens with one attached hydrogen (secondary N) is 1. The summed E-state index contributed by atoms with van der Waals surface area (Å²) in [6, 6.07) is 14.0. The van der Waals surface area contributed by atoms with Crippen LogP contribution in [0.3, 0.4) is 0 Å². The Bertz CT molecular complexity index is 881. The third-order valence-electron chi connectivity index (χ3n) is 4.26. The van der Waals surface area contributed by atoms with E-state index in [-0.39, 0.29) is 23.5 Å². The van der Waals surface area contributed by atoms with Crippen LogP contribution < -0.4 is 10.1 Å². The molecule has 0 aliphatic carbocycles. The zero-order valence-electron chi connectivity index (χ0n) is 14.1. The first-order chi connectivity index (χ1) is 11.9. The van der Waals surface area contributed by atoms with Crippen molar-refractivity contribution in [3.8, 4) is 5.75 Å². The van der Waals surface area contributed by atoms with E-state index in [2.05, 4.69) is 5.32 Å². The molecule has 1 heterocycles. The van der Waals surface area contributed by atoms with E-state index >= 15 is 0 Å². The van der Waals surface area contributed by atoms with Crippen LogP contribution in [0.5, 0.6) is 5.75 Å². The molecule has 0 spiro atoms. The quantitative estimate of drug-likeness (QED) is 0.887.